The SMILES string of the molecule is N#CC1(c2ccc(-c3ccc(F)cc3C=O)s2)CC1. The zero-order valence-electron chi connectivity index (χ0n) is 10.0. The van der Waals surface area contributed by atoms with Crippen molar-refractivity contribution in [3.05, 3.63) is 46.6 Å². The van der Waals surface area contributed by atoms with Crippen molar-refractivity contribution in [2.45, 2.75) is 18.3 Å². The molecule has 1 aliphatic rings. The molecule has 1 aromatic carbocycles. The molecule has 0 bridgehead atoms. The summed E-state index contributed by atoms with van der Waals surface area (Å²) in [6, 6.07) is 10.4. The van der Waals surface area contributed by atoms with Crippen molar-refractivity contribution >= 4 is 17.6 Å². The number of aldehydes is 1. The number of hydrogen-bond acceptors (Lipinski definition) is 3. The van der Waals surface area contributed by atoms with E-state index in [0.29, 0.717) is 11.8 Å². The van der Waals surface area contributed by atoms with E-state index in [4.69, 9.17) is 0 Å². The summed E-state index contributed by atoms with van der Waals surface area (Å²) < 4.78 is 13.1. The van der Waals surface area contributed by atoms with Gasteiger partial charge in [0.05, 0.1) is 11.5 Å². The molecule has 19 heavy (non-hydrogen) atoms. The Morgan fingerprint density at radius 1 is 1.32 bits per heavy atom. The lowest BCUT2D eigenvalue weighted by molar-refractivity contribution is 0.112. The van der Waals surface area contributed by atoms with Gasteiger partial charge in [-0.3, -0.25) is 4.79 Å². The number of halogens is 1. The van der Waals surface area contributed by atoms with E-state index in [1.165, 1.54) is 23.5 Å². The molecule has 0 aliphatic heterocycles. The normalized spacial score (nSPS) is 15.8. The number of hydrogen-bond donors (Lipinski definition) is 0. The first-order chi connectivity index (χ1) is 9.18. The Labute approximate surface area is 114 Å². The van der Waals surface area contributed by atoms with Crippen LogP contribution in [0.4, 0.5) is 4.39 Å². The number of benzene rings is 1. The van der Waals surface area contributed by atoms with Crippen LogP contribution in [0.2, 0.25) is 0 Å². The van der Waals surface area contributed by atoms with Crippen LogP contribution in [0.25, 0.3) is 10.4 Å². The third-order valence-corrected chi connectivity index (χ3v) is 4.77. The summed E-state index contributed by atoms with van der Waals surface area (Å²) in [4.78, 5) is 12.9. The molecule has 3 rings (SSSR count). The van der Waals surface area contributed by atoms with Gasteiger partial charge in [-0.25, -0.2) is 4.39 Å². The van der Waals surface area contributed by atoms with E-state index in [-0.39, 0.29) is 5.41 Å². The minimum Gasteiger partial charge on any atom is -0.298 e. The molecule has 0 saturated heterocycles. The summed E-state index contributed by atoms with van der Waals surface area (Å²) in [6.07, 6.45) is 2.45. The first-order valence-corrected chi connectivity index (χ1v) is 6.77. The quantitative estimate of drug-likeness (QED) is 0.794. The Hall–Kier alpha value is -1.99. The van der Waals surface area contributed by atoms with Crippen molar-refractivity contribution in [2.75, 3.05) is 0 Å². The Morgan fingerprint density at radius 3 is 2.74 bits per heavy atom. The summed E-state index contributed by atoms with van der Waals surface area (Å²) in [7, 11) is 0. The predicted molar refractivity (Wildman–Crippen MR) is 71.6 cm³/mol. The largest absolute Gasteiger partial charge is 0.298 e. The molecule has 1 aromatic heterocycles. The summed E-state index contributed by atoms with van der Waals surface area (Å²) in [5.41, 5.74) is 0.751. The highest BCUT2D eigenvalue weighted by Crippen LogP contribution is 2.51. The van der Waals surface area contributed by atoms with Crippen LogP contribution < -0.4 is 0 Å². The van der Waals surface area contributed by atoms with Gasteiger partial charge in [-0.2, -0.15) is 5.26 Å². The van der Waals surface area contributed by atoms with Gasteiger partial charge in [-0.05, 0) is 43.2 Å². The van der Waals surface area contributed by atoms with Crippen molar-refractivity contribution in [3.63, 3.8) is 0 Å². The fraction of sp³-hybridized carbons (Fsp3) is 0.200. The van der Waals surface area contributed by atoms with Crippen LogP contribution in [-0.2, 0) is 5.41 Å². The zero-order valence-corrected chi connectivity index (χ0v) is 10.8. The highest BCUT2D eigenvalue weighted by molar-refractivity contribution is 7.15. The highest BCUT2D eigenvalue weighted by Gasteiger charge is 2.46. The number of rotatable bonds is 3. The maximum Gasteiger partial charge on any atom is 0.150 e. The van der Waals surface area contributed by atoms with Crippen LogP contribution in [0.3, 0.4) is 0 Å². The fourth-order valence-corrected chi connectivity index (χ4v) is 3.38. The van der Waals surface area contributed by atoms with Crippen LogP contribution in [0, 0.1) is 17.1 Å². The van der Waals surface area contributed by atoms with Gasteiger partial charge in [0.1, 0.15) is 5.82 Å². The Morgan fingerprint density at radius 2 is 2.11 bits per heavy atom. The topological polar surface area (TPSA) is 40.9 Å². The number of carbonyl (C=O) groups is 1. The lowest BCUT2D eigenvalue weighted by Gasteiger charge is -2.03. The third kappa shape index (κ3) is 1.96. The molecule has 1 heterocycles. The predicted octanol–water partition coefficient (Wildman–Crippen LogP) is 3.92. The Balaban J connectivity index is 2.04. The molecule has 0 spiro atoms. The van der Waals surface area contributed by atoms with Crippen LogP contribution in [-0.4, -0.2) is 6.29 Å². The fourth-order valence-electron chi connectivity index (χ4n) is 2.13. The molecule has 1 saturated carbocycles. The smallest absolute Gasteiger partial charge is 0.150 e. The molecule has 1 aliphatic carbocycles. The summed E-state index contributed by atoms with van der Waals surface area (Å²) in [5.74, 6) is -0.418. The first-order valence-electron chi connectivity index (χ1n) is 5.95. The molecule has 94 valence electrons. The summed E-state index contributed by atoms with van der Waals surface area (Å²) in [5, 5.41) is 9.18. The second-order valence-corrected chi connectivity index (χ2v) is 5.79. The molecule has 0 N–H and O–H groups in total. The number of carbonyl (C=O) groups excluding carboxylic acids is 1. The summed E-state index contributed by atoms with van der Waals surface area (Å²) in [6.45, 7) is 0. The van der Waals surface area contributed by atoms with E-state index >= 15 is 0 Å². The first kappa shape index (κ1) is 12.1. The van der Waals surface area contributed by atoms with Gasteiger partial charge in [0, 0.05) is 20.9 Å². The van der Waals surface area contributed by atoms with E-state index in [1.54, 1.807) is 6.07 Å². The van der Waals surface area contributed by atoms with E-state index < -0.39 is 5.82 Å². The molecule has 1 fully saturated rings. The lowest BCUT2D eigenvalue weighted by Crippen LogP contribution is -1.97. The zero-order chi connectivity index (χ0) is 13.5. The highest BCUT2D eigenvalue weighted by atomic mass is 32.1. The molecule has 2 nitrogen and oxygen atoms in total. The van der Waals surface area contributed by atoms with Crippen molar-refractivity contribution < 1.29 is 9.18 Å². The lowest BCUT2D eigenvalue weighted by atomic mass is 10.1. The Kier molecular flexibility index (Phi) is 2.72. The van der Waals surface area contributed by atoms with E-state index in [2.05, 4.69) is 6.07 Å². The van der Waals surface area contributed by atoms with Gasteiger partial charge in [-0.1, -0.05) is 0 Å². The van der Waals surface area contributed by atoms with E-state index in [1.807, 2.05) is 12.1 Å². The minimum atomic E-state index is -0.418. The van der Waals surface area contributed by atoms with Gasteiger partial charge in [0.15, 0.2) is 6.29 Å². The van der Waals surface area contributed by atoms with Crippen LogP contribution in [0.1, 0.15) is 28.1 Å². The standard InChI is InChI=1S/C15H10FNOS/c16-11-1-2-12(10(7-11)8-18)13-3-4-14(19-13)15(9-17)5-6-15/h1-4,7-8H,5-6H2. The number of thiophene rings is 1. The van der Waals surface area contributed by atoms with E-state index in [0.717, 1.165) is 28.2 Å². The van der Waals surface area contributed by atoms with Crippen molar-refractivity contribution in [1.82, 2.24) is 0 Å². The van der Waals surface area contributed by atoms with E-state index in [9.17, 15) is 14.4 Å². The molecule has 0 radical (unpaired) electrons. The van der Waals surface area contributed by atoms with Gasteiger partial charge >= 0.3 is 0 Å². The molecular formula is C15H10FNOS. The molecular weight excluding hydrogens is 261 g/mol. The van der Waals surface area contributed by atoms with Crippen molar-refractivity contribution in [3.8, 4) is 16.5 Å². The maximum absolute atomic E-state index is 13.1. The van der Waals surface area contributed by atoms with Crippen LogP contribution >= 0.6 is 11.3 Å². The minimum absolute atomic E-state index is 0.315. The molecule has 4 heteroatoms. The number of nitriles is 1. The molecule has 0 atom stereocenters. The average Bonchev–Trinajstić information content (AvgIpc) is 3.08. The van der Waals surface area contributed by atoms with Crippen LogP contribution in [0.15, 0.2) is 30.3 Å². The monoisotopic (exact) mass is 271 g/mol. The summed E-state index contributed by atoms with van der Waals surface area (Å²) >= 11 is 1.51. The molecule has 0 amide bonds. The average molecular weight is 271 g/mol. The molecule has 2 aromatic rings. The second-order valence-electron chi connectivity index (χ2n) is 4.71. The number of nitrogens with zero attached hydrogens (tertiary/aromatic N) is 1. The Bertz CT molecular complexity index is 694. The second kappa shape index (κ2) is 4.29. The van der Waals surface area contributed by atoms with Crippen molar-refractivity contribution in [1.29, 1.82) is 5.26 Å². The van der Waals surface area contributed by atoms with Gasteiger partial charge in [0.25, 0.3) is 0 Å². The van der Waals surface area contributed by atoms with Gasteiger partial charge in [-0.15, -0.1) is 11.3 Å². The molecule has 0 unspecified atom stereocenters. The van der Waals surface area contributed by atoms with Crippen molar-refractivity contribution in [2.24, 2.45) is 0 Å². The third-order valence-electron chi connectivity index (χ3n) is 3.45. The van der Waals surface area contributed by atoms with Crippen LogP contribution in [0.5, 0.6) is 0 Å². The van der Waals surface area contributed by atoms with Gasteiger partial charge < -0.3 is 0 Å². The maximum atomic E-state index is 13.1. The van der Waals surface area contributed by atoms with Gasteiger partial charge in [0.2, 0.25) is 0 Å².